The Morgan fingerprint density at radius 3 is 2.09 bits per heavy atom. The summed E-state index contributed by atoms with van der Waals surface area (Å²) in [6.07, 6.45) is 2.10. The minimum absolute atomic E-state index is 0.131. The molecule has 1 aromatic carbocycles. The van der Waals surface area contributed by atoms with Crippen LogP contribution in [0.25, 0.3) is 5.70 Å². The summed E-state index contributed by atoms with van der Waals surface area (Å²) in [7, 11) is 0. The highest BCUT2D eigenvalue weighted by atomic mass is 15.1. The molecule has 1 N–H and O–H groups in total. The molecular weight excluding hydrogens is 270 g/mol. The highest BCUT2D eigenvalue weighted by molar-refractivity contribution is 6.51. The van der Waals surface area contributed by atoms with Crippen molar-refractivity contribution in [2.75, 3.05) is 0 Å². The van der Waals surface area contributed by atoms with Gasteiger partial charge in [-0.2, -0.15) is 0 Å². The molecule has 0 aliphatic carbocycles. The second kappa shape index (κ2) is 5.71. The van der Waals surface area contributed by atoms with E-state index in [9.17, 15) is 0 Å². The number of rotatable bonds is 1. The summed E-state index contributed by atoms with van der Waals surface area (Å²) in [4.78, 5) is 9.61. The van der Waals surface area contributed by atoms with Gasteiger partial charge in [-0.25, -0.2) is 0 Å². The Labute approximate surface area is 134 Å². The molecule has 0 atom stereocenters. The molecule has 0 bridgehead atoms. The molecule has 1 aliphatic rings. The van der Waals surface area contributed by atoms with E-state index < -0.39 is 0 Å². The van der Waals surface area contributed by atoms with Gasteiger partial charge in [0.05, 0.1) is 11.1 Å². The number of aliphatic imine (C=N–C) groups is 2. The van der Waals surface area contributed by atoms with Crippen molar-refractivity contribution >= 4 is 17.2 Å². The fraction of sp³-hybridized carbons (Fsp3) is 0.474. The molecule has 0 saturated carbocycles. The zero-order valence-corrected chi connectivity index (χ0v) is 14.8. The van der Waals surface area contributed by atoms with Crippen molar-refractivity contribution in [3.05, 3.63) is 41.5 Å². The molecule has 118 valence electrons. The molecule has 1 aromatic rings. The van der Waals surface area contributed by atoms with Crippen molar-refractivity contribution in [1.82, 2.24) is 5.32 Å². The lowest BCUT2D eigenvalue weighted by Gasteiger charge is -2.17. The number of benzene rings is 1. The second-order valence-corrected chi connectivity index (χ2v) is 7.85. The lowest BCUT2D eigenvalue weighted by Crippen LogP contribution is -2.28. The van der Waals surface area contributed by atoms with E-state index in [0.717, 1.165) is 17.2 Å². The molecule has 3 nitrogen and oxygen atoms in total. The Morgan fingerprint density at radius 2 is 1.55 bits per heavy atom. The van der Waals surface area contributed by atoms with Crippen molar-refractivity contribution < 1.29 is 0 Å². The van der Waals surface area contributed by atoms with Gasteiger partial charge in [0.1, 0.15) is 5.71 Å². The van der Waals surface area contributed by atoms with E-state index in [4.69, 9.17) is 9.98 Å². The quantitative estimate of drug-likeness (QED) is 0.820. The van der Waals surface area contributed by atoms with E-state index in [2.05, 4.69) is 84.1 Å². The summed E-state index contributed by atoms with van der Waals surface area (Å²) in [5.74, 6) is 0.860. The Bertz CT molecular complexity index is 650. The predicted molar refractivity (Wildman–Crippen MR) is 96.7 cm³/mol. The minimum Gasteiger partial charge on any atom is -0.338 e. The zero-order chi connectivity index (χ0) is 16.5. The second-order valence-electron chi connectivity index (χ2n) is 7.85. The number of hydrogen-bond acceptors (Lipinski definition) is 2. The van der Waals surface area contributed by atoms with Crippen molar-refractivity contribution in [2.45, 2.75) is 59.5 Å². The van der Waals surface area contributed by atoms with Crippen LogP contribution in [0.3, 0.4) is 0 Å². The van der Waals surface area contributed by atoms with Crippen LogP contribution in [-0.4, -0.2) is 22.6 Å². The zero-order valence-electron chi connectivity index (χ0n) is 14.8. The molecule has 2 rings (SSSR count). The predicted octanol–water partition coefficient (Wildman–Crippen LogP) is 4.38. The van der Waals surface area contributed by atoms with E-state index in [1.165, 1.54) is 11.1 Å². The van der Waals surface area contributed by atoms with Crippen LogP contribution in [0.4, 0.5) is 0 Å². The first kappa shape index (κ1) is 16.5. The number of aryl methyl sites for hydroxylation is 1. The van der Waals surface area contributed by atoms with Gasteiger partial charge in [0.25, 0.3) is 0 Å². The average Bonchev–Trinajstić information content (AvgIpc) is 2.68. The van der Waals surface area contributed by atoms with Gasteiger partial charge >= 0.3 is 0 Å². The summed E-state index contributed by atoms with van der Waals surface area (Å²) in [6.45, 7) is 14.7. The Kier molecular flexibility index (Phi) is 4.28. The van der Waals surface area contributed by atoms with Gasteiger partial charge < -0.3 is 5.32 Å². The van der Waals surface area contributed by atoms with Gasteiger partial charge in [0.15, 0.2) is 5.84 Å². The Balaban J connectivity index is 2.46. The first-order valence-corrected chi connectivity index (χ1v) is 7.79. The third-order valence-corrected chi connectivity index (χ3v) is 3.01. The summed E-state index contributed by atoms with van der Waals surface area (Å²) in [5, 5.41) is 3.44. The molecule has 0 spiro atoms. The van der Waals surface area contributed by atoms with Crippen molar-refractivity contribution in [1.29, 1.82) is 0 Å². The lowest BCUT2D eigenvalue weighted by molar-refractivity contribution is 0.578. The van der Waals surface area contributed by atoms with Crippen LogP contribution in [0.1, 0.15) is 52.7 Å². The largest absolute Gasteiger partial charge is 0.338 e. The fourth-order valence-corrected chi connectivity index (χ4v) is 2.27. The van der Waals surface area contributed by atoms with Gasteiger partial charge in [-0.1, -0.05) is 23.8 Å². The smallest absolute Gasteiger partial charge is 0.151 e. The van der Waals surface area contributed by atoms with Gasteiger partial charge in [0.2, 0.25) is 0 Å². The SMILES string of the molecule is Cc1cccc(C2=CC(=NC(C)(C)C)C(=NC(C)(C)C)N2)c1. The number of amidine groups is 1. The normalized spacial score (nSPS) is 19.5. The summed E-state index contributed by atoms with van der Waals surface area (Å²) in [6, 6.07) is 8.47. The van der Waals surface area contributed by atoms with Crippen LogP contribution in [0.15, 0.2) is 40.3 Å². The highest BCUT2D eigenvalue weighted by Gasteiger charge is 2.23. The van der Waals surface area contributed by atoms with Crippen LogP contribution in [0.2, 0.25) is 0 Å². The van der Waals surface area contributed by atoms with Gasteiger partial charge in [-0.3, -0.25) is 9.98 Å². The third kappa shape index (κ3) is 4.55. The van der Waals surface area contributed by atoms with E-state index >= 15 is 0 Å². The maximum Gasteiger partial charge on any atom is 0.151 e. The maximum absolute atomic E-state index is 4.82. The number of nitrogens with one attached hydrogen (secondary N) is 1. The lowest BCUT2D eigenvalue weighted by atomic mass is 10.1. The molecule has 1 aliphatic heterocycles. The van der Waals surface area contributed by atoms with Crippen molar-refractivity contribution in [2.24, 2.45) is 9.98 Å². The van der Waals surface area contributed by atoms with Gasteiger partial charge in [0, 0.05) is 5.70 Å². The van der Waals surface area contributed by atoms with Crippen molar-refractivity contribution in [3.63, 3.8) is 0 Å². The van der Waals surface area contributed by atoms with Crippen molar-refractivity contribution in [3.8, 4) is 0 Å². The first-order chi connectivity index (χ1) is 10.0. The van der Waals surface area contributed by atoms with Crippen LogP contribution in [0.5, 0.6) is 0 Å². The summed E-state index contributed by atoms with van der Waals surface area (Å²) < 4.78 is 0. The summed E-state index contributed by atoms with van der Waals surface area (Å²) >= 11 is 0. The van der Waals surface area contributed by atoms with Crippen LogP contribution in [0, 0.1) is 6.92 Å². The van der Waals surface area contributed by atoms with Crippen LogP contribution >= 0.6 is 0 Å². The third-order valence-electron chi connectivity index (χ3n) is 3.01. The Hall–Kier alpha value is -1.90. The van der Waals surface area contributed by atoms with E-state index in [0.29, 0.717) is 0 Å². The Morgan fingerprint density at radius 1 is 0.909 bits per heavy atom. The maximum atomic E-state index is 4.82. The van der Waals surface area contributed by atoms with E-state index in [-0.39, 0.29) is 11.1 Å². The highest BCUT2D eigenvalue weighted by Crippen LogP contribution is 2.21. The fourth-order valence-electron chi connectivity index (χ4n) is 2.27. The number of nitrogens with zero attached hydrogens (tertiary/aromatic N) is 2. The van der Waals surface area contributed by atoms with Gasteiger partial charge in [-0.15, -0.1) is 0 Å². The monoisotopic (exact) mass is 297 g/mol. The average molecular weight is 297 g/mol. The molecule has 0 amide bonds. The standard InChI is InChI=1S/C19H27N3/c1-13-9-8-10-14(11-13)15-12-16(21-18(2,3)4)17(20-15)22-19(5,6)7/h8-12H,1-7H3,(H,20,21,22). The molecule has 0 saturated heterocycles. The molecule has 22 heavy (non-hydrogen) atoms. The molecule has 3 heteroatoms. The topological polar surface area (TPSA) is 36.8 Å². The van der Waals surface area contributed by atoms with Crippen LogP contribution < -0.4 is 5.32 Å². The molecule has 0 radical (unpaired) electrons. The molecule has 0 aromatic heterocycles. The first-order valence-electron chi connectivity index (χ1n) is 7.79. The van der Waals surface area contributed by atoms with Crippen LogP contribution in [-0.2, 0) is 0 Å². The molecule has 1 heterocycles. The summed E-state index contributed by atoms with van der Waals surface area (Å²) in [5.41, 5.74) is 4.13. The minimum atomic E-state index is -0.142. The van der Waals surface area contributed by atoms with E-state index in [1.54, 1.807) is 0 Å². The number of hydrogen-bond donors (Lipinski definition) is 1. The molecule has 0 unspecified atom stereocenters. The molecular formula is C19H27N3. The van der Waals surface area contributed by atoms with E-state index in [1.807, 2.05) is 0 Å². The molecule has 0 fully saturated rings. The van der Waals surface area contributed by atoms with Gasteiger partial charge in [-0.05, 0) is 66.2 Å².